The van der Waals surface area contributed by atoms with E-state index in [-0.39, 0.29) is 42.2 Å². The molecule has 0 spiro atoms. The van der Waals surface area contributed by atoms with Gasteiger partial charge in [0.15, 0.2) is 0 Å². The van der Waals surface area contributed by atoms with Crippen LogP contribution in [0.25, 0.3) is 0 Å². The molecule has 0 aliphatic carbocycles. The Kier molecular flexibility index (Phi) is 9.24. The van der Waals surface area contributed by atoms with E-state index in [4.69, 9.17) is 15.2 Å². The van der Waals surface area contributed by atoms with Gasteiger partial charge in [-0.1, -0.05) is 77.9 Å². The Morgan fingerprint density at radius 3 is 2.09 bits per heavy atom. The smallest absolute Gasteiger partial charge is 0.313 e. The summed E-state index contributed by atoms with van der Waals surface area (Å²) in [5, 5.41) is 0. The zero-order valence-electron chi connectivity index (χ0n) is 21.1. The average Bonchev–Trinajstić information content (AvgIpc) is 2.76. The largest absolute Gasteiger partial charge is 0.461 e. The summed E-state index contributed by atoms with van der Waals surface area (Å²) in [7, 11) is 0. The van der Waals surface area contributed by atoms with Gasteiger partial charge in [0.2, 0.25) is 0 Å². The van der Waals surface area contributed by atoms with Gasteiger partial charge in [-0.3, -0.25) is 9.59 Å². The van der Waals surface area contributed by atoms with Crippen LogP contribution in [0.5, 0.6) is 5.75 Å². The van der Waals surface area contributed by atoms with Crippen LogP contribution in [0.2, 0.25) is 0 Å². The first-order valence-electron chi connectivity index (χ1n) is 11.8. The predicted molar refractivity (Wildman–Crippen MR) is 132 cm³/mol. The molecule has 180 valence electrons. The lowest BCUT2D eigenvalue weighted by Crippen LogP contribution is -2.47. The van der Waals surface area contributed by atoms with Crippen LogP contribution < -0.4 is 10.5 Å². The van der Waals surface area contributed by atoms with E-state index in [0.29, 0.717) is 12.3 Å². The summed E-state index contributed by atoms with van der Waals surface area (Å²) in [6.07, 6.45) is 0. The van der Waals surface area contributed by atoms with Gasteiger partial charge in [0.05, 0.1) is 5.92 Å². The zero-order chi connectivity index (χ0) is 24.8. The number of carbonyl (C=O) groups is 2. The van der Waals surface area contributed by atoms with Crippen LogP contribution in [-0.4, -0.2) is 18.5 Å². The molecule has 0 saturated carbocycles. The van der Waals surface area contributed by atoms with Gasteiger partial charge in [-0.15, -0.1) is 0 Å². The van der Waals surface area contributed by atoms with E-state index in [0.717, 1.165) is 16.7 Å². The summed E-state index contributed by atoms with van der Waals surface area (Å²) < 4.78 is 11.2. The standard InChI is InChI=1S/C28H39NO4/c1-18(2)25(16-29)28(20(5)6,23-11-9-8-10-12-23)24-15-22(17-32-21(7)30)13-14-26(24)33-27(31)19(3)4/h8-15,18-20,25H,16-17,29H2,1-7H3. The third-order valence-corrected chi connectivity index (χ3v) is 6.42. The lowest BCUT2D eigenvalue weighted by molar-refractivity contribution is -0.142. The molecule has 0 aromatic heterocycles. The number of esters is 2. The molecule has 0 amide bonds. The summed E-state index contributed by atoms with van der Waals surface area (Å²) >= 11 is 0. The van der Waals surface area contributed by atoms with Crippen molar-refractivity contribution in [3.63, 3.8) is 0 Å². The molecule has 0 bridgehead atoms. The molecular weight excluding hydrogens is 414 g/mol. The van der Waals surface area contributed by atoms with E-state index in [1.807, 2.05) is 50.2 Å². The van der Waals surface area contributed by atoms with Crippen molar-refractivity contribution in [1.29, 1.82) is 0 Å². The predicted octanol–water partition coefficient (Wildman–Crippen LogP) is 5.48. The lowest BCUT2D eigenvalue weighted by atomic mass is 9.56. The molecule has 0 aliphatic heterocycles. The molecule has 0 aliphatic rings. The third-order valence-electron chi connectivity index (χ3n) is 6.42. The molecule has 2 aromatic carbocycles. The zero-order valence-corrected chi connectivity index (χ0v) is 21.1. The van der Waals surface area contributed by atoms with Gasteiger partial charge >= 0.3 is 11.9 Å². The highest BCUT2D eigenvalue weighted by atomic mass is 16.5. The maximum Gasteiger partial charge on any atom is 0.313 e. The topological polar surface area (TPSA) is 78.6 Å². The Morgan fingerprint density at radius 2 is 1.61 bits per heavy atom. The summed E-state index contributed by atoms with van der Waals surface area (Å²) in [4.78, 5) is 24.1. The number of benzene rings is 2. The van der Waals surface area contributed by atoms with E-state index in [2.05, 4.69) is 39.8 Å². The Bertz CT molecular complexity index is 936. The minimum atomic E-state index is -0.525. The van der Waals surface area contributed by atoms with Crippen molar-refractivity contribution in [2.24, 2.45) is 29.4 Å². The SMILES string of the molecule is CC(=O)OCc1ccc(OC(=O)C(C)C)c(C(c2ccccc2)(C(C)C)C(CN)C(C)C)c1. The van der Waals surface area contributed by atoms with E-state index < -0.39 is 5.41 Å². The van der Waals surface area contributed by atoms with Crippen LogP contribution in [0.4, 0.5) is 0 Å². The lowest BCUT2D eigenvalue weighted by Gasteiger charge is -2.47. The second-order valence-corrected chi connectivity index (χ2v) is 9.66. The van der Waals surface area contributed by atoms with Crippen LogP contribution in [-0.2, 0) is 26.3 Å². The first kappa shape index (κ1) is 26.6. The molecule has 5 nitrogen and oxygen atoms in total. The van der Waals surface area contributed by atoms with Gasteiger partial charge in [-0.05, 0) is 47.6 Å². The van der Waals surface area contributed by atoms with Crippen molar-refractivity contribution in [2.75, 3.05) is 6.54 Å². The summed E-state index contributed by atoms with van der Waals surface area (Å²) in [6, 6.07) is 16.0. The van der Waals surface area contributed by atoms with E-state index in [9.17, 15) is 9.59 Å². The fourth-order valence-corrected chi connectivity index (χ4v) is 4.83. The molecule has 0 heterocycles. The Hall–Kier alpha value is -2.66. The van der Waals surface area contributed by atoms with Crippen LogP contribution >= 0.6 is 0 Å². The molecule has 2 atom stereocenters. The number of ether oxygens (including phenoxy) is 2. The van der Waals surface area contributed by atoms with Crippen LogP contribution in [0.3, 0.4) is 0 Å². The summed E-state index contributed by atoms with van der Waals surface area (Å²) in [6.45, 7) is 14.4. The van der Waals surface area contributed by atoms with Crippen LogP contribution in [0.15, 0.2) is 48.5 Å². The number of hydrogen-bond donors (Lipinski definition) is 1. The first-order chi connectivity index (χ1) is 15.5. The van der Waals surface area contributed by atoms with Crippen molar-refractivity contribution in [3.05, 3.63) is 65.2 Å². The fraction of sp³-hybridized carbons (Fsp3) is 0.500. The summed E-state index contributed by atoms with van der Waals surface area (Å²) in [5.74, 6) is 0.103. The summed E-state index contributed by atoms with van der Waals surface area (Å²) in [5.41, 5.74) is 8.76. The molecule has 2 unspecified atom stereocenters. The Labute approximate surface area is 198 Å². The quantitative estimate of drug-likeness (QED) is 0.380. The highest BCUT2D eigenvalue weighted by molar-refractivity contribution is 5.75. The second kappa shape index (κ2) is 11.5. The molecule has 2 aromatic rings. The molecule has 5 heteroatoms. The van der Waals surface area contributed by atoms with Crippen molar-refractivity contribution in [2.45, 2.75) is 60.5 Å². The average molecular weight is 454 g/mol. The van der Waals surface area contributed by atoms with Crippen molar-refractivity contribution >= 4 is 11.9 Å². The van der Waals surface area contributed by atoms with Crippen molar-refractivity contribution in [1.82, 2.24) is 0 Å². The molecule has 0 fully saturated rings. The van der Waals surface area contributed by atoms with Gasteiger partial charge in [-0.2, -0.15) is 0 Å². The van der Waals surface area contributed by atoms with Crippen LogP contribution in [0, 0.1) is 23.7 Å². The van der Waals surface area contributed by atoms with Crippen LogP contribution in [0.1, 0.15) is 65.2 Å². The maximum atomic E-state index is 12.7. The fourth-order valence-electron chi connectivity index (χ4n) is 4.83. The Morgan fingerprint density at radius 1 is 0.970 bits per heavy atom. The monoisotopic (exact) mass is 453 g/mol. The highest BCUT2D eigenvalue weighted by Gasteiger charge is 2.47. The molecule has 0 radical (unpaired) electrons. The van der Waals surface area contributed by atoms with E-state index >= 15 is 0 Å². The van der Waals surface area contributed by atoms with Gasteiger partial charge in [0.1, 0.15) is 12.4 Å². The third kappa shape index (κ3) is 5.83. The first-order valence-corrected chi connectivity index (χ1v) is 11.8. The molecule has 2 rings (SSSR count). The number of hydrogen-bond acceptors (Lipinski definition) is 5. The van der Waals surface area contributed by atoms with Crippen molar-refractivity contribution in [3.8, 4) is 5.75 Å². The number of carbonyl (C=O) groups excluding carboxylic acids is 2. The molecule has 33 heavy (non-hydrogen) atoms. The molecule has 0 saturated heterocycles. The van der Waals surface area contributed by atoms with E-state index in [1.165, 1.54) is 6.92 Å². The number of nitrogens with two attached hydrogens (primary N) is 1. The molecular formula is C28H39NO4. The van der Waals surface area contributed by atoms with E-state index in [1.54, 1.807) is 0 Å². The van der Waals surface area contributed by atoms with Gasteiger partial charge in [0.25, 0.3) is 0 Å². The minimum absolute atomic E-state index is 0.0698. The minimum Gasteiger partial charge on any atom is -0.461 e. The van der Waals surface area contributed by atoms with Gasteiger partial charge < -0.3 is 15.2 Å². The van der Waals surface area contributed by atoms with Gasteiger partial charge in [0, 0.05) is 17.9 Å². The second-order valence-electron chi connectivity index (χ2n) is 9.66. The Balaban J connectivity index is 2.89. The maximum absolute atomic E-state index is 12.7. The van der Waals surface area contributed by atoms with Gasteiger partial charge in [-0.25, -0.2) is 0 Å². The number of rotatable bonds is 10. The molecule has 2 N–H and O–H groups in total. The highest BCUT2D eigenvalue weighted by Crippen LogP contribution is 2.51. The normalized spacial score (nSPS) is 14.3. The van der Waals surface area contributed by atoms with Crippen molar-refractivity contribution < 1.29 is 19.1 Å².